The summed E-state index contributed by atoms with van der Waals surface area (Å²) in [6.07, 6.45) is -1.60. The fourth-order valence-corrected chi connectivity index (χ4v) is 1.44. The summed E-state index contributed by atoms with van der Waals surface area (Å²) in [6.45, 7) is 7.34. The van der Waals surface area contributed by atoms with E-state index < -0.39 is 35.2 Å². The Bertz CT molecular complexity index is 296. The van der Waals surface area contributed by atoms with Gasteiger partial charge < -0.3 is 20.1 Å². The summed E-state index contributed by atoms with van der Waals surface area (Å²) in [5.41, 5.74) is -2.51. The van der Waals surface area contributed by atoms with E-state index in [-0.39, 0.29) is 0 Å². The lowest BCUT2D eigenvalue weighted by atomic mass is 9.85. The number of aliphatic carboxylic acids is 2. The largest absolute Gasteiger partial charge is 0.481 e. The van der Waals surface area contributed by atoms with Gasteiger partial charge in [0.2, 0.25) is 0 Å². The second-order valence-electron chi connectivity index (χ2n) is 5.46. The van der Waals surface area contributed by atoms with Crippen molar-refractivity contribution in [2.45, 2.75) is 51.9 Å². The van der Waals surface area contributed by atoms with Crippen molar-refractivity contribution in [2.75, 3.05) is 0 Å². The van der Waals surface area contributed by atoms with E-state index in [4.69, 9.17) is 14.9 Å². The lowest BCUT2D eigenvalue weighted by Crippen LogP contribution is -2.51. The van der Waals surface area contributed by atoms with E-state index in [1.807, 2.05) is 0 Å². The maximum absolute atomic E-state index is 11.1. The molecule has 6 heteroatoms. The van der Waals surface area contributed by atoms with Crippen LogP contribution in [0.1, 0.15) is 34.6 Å². The highest BCUT2D eigenvalue weighted by molar-refractivity contribution is 5.82. The SMILES string of the molecule is CC(C)(C)OC(C(=O)O)C(C(=O)O)C(C)(C)O. The summed E-state index contributed by atoms with van der Waals surface area (Å²) >= 11 is 0. The van der Waals surface area contributed by atoms with Crippen LogP contribution in [0.4, 0.5) is 0 Å². The monoisotopic (exact) mass is 248 g/mol. The minimum atomic E-state index is -1.69. The Labute approximate surface area is 100 Å². The van der Waals surface area contributed by atoms with Crippen LogP contribution in [0.3, 0.4) is 0 Å². The highest BCUT2D eigenvalue weighted by Crippen LogP contribution is 2.26. The fourth-order valence-electron chi connectivity index (χ4n) is 1.44. The third-order valence-corrected chi connectivity index (χ3v) is 2.05. The van der Waals surface area contributed by atoms with Crippen LogP contribution in [-0.4, -0.2) is 44.6 Å². The van der Waals surface area contributed by atoms with Gasteiger partial charge in [-0.1, -0.05) is 0 Å². The van der Waals surface area contributed by atoms with Crippen LogP contribution in [0.2, 0.25) is 0 Å². The standard InChI is InChI=1S/C11H20O6/c1-10(2,3)17-7(9(14)15)6(8(12)13)11(4,5)16/h6-7,16H,1-5H3,(H,12,13)(H,14,15). The Balaban J connectivity index is 5.27. The molecule has 0 aliphatic rings. The smallest absolute Gasteiger partial charge is 0.333 e. The summed E-state index contributed by atoms with van der Waals surface area (Å²) in [4.78, 5) is 22.1. The van der Waals surface area contributed by atoms with Crippen molar-refractivity contribution < 1.29 is 29.6 Å². The van der Waals surface area contributed by atoms with Gasteiger partial charge in [-0.2, -0.15) is 0 Å². The molecule has 17 heavy (non-hydrogen) atoms. The molecule has 0 spiro atoms. The minimum absolute atomic E-state index is 0.817. The Hall–Kier alpha value is -1.14. The first-order valence-electron chi connectivity index (χ1n) is 5.22. The molecule has 0 fully saturated rings. The average molecular weight is 248 g/mol. The molecule has 0 aliphatic carbocycles. The molecule has 0 saturated heterocycles. The molecule has 2 unspecified atom stereocenters. The molecule has 0 rings (SSSR count). The molecule has 0 saturated carbocycles. The van der Waals surface area contributed by atoms with Gasteiger partial charge >= 0.3 is 11.9 Å². The van der Waals surface area contributed by atoms with Gasteiger partial charge in [0, 0.05) is 0 Å². The van der Waals surface area contributed by atoms with Crippen molar-refractivity contribution in [1.82, 2.24) is 0 Å². The minimum Gasteiger partial charge on any atom is -0.481 e. The zero-order chi connectivity index (χ0) is 14.0. The second-order valence-corrected chi connectivity index (χ2v) is 5.46. The van der Waals surface area contributed by atoms with Gasteiger partial charge in [0.15, 0.2) is 6.10 Å². The third kappa shape index (κ3) is 5.14. The molecule has 0 radical (unpaired) electrons. The van der Waals surface area contributed by atoms with Crippen LogP contribution in [-0.2, 0) is 14.3 Å². The number of aliphatic hydroxyl groups is 1. The predicted octanol–water partition coefficient (Wildman–Crippen LogP) is 0.726. The van der Waals surface area contributed by atoms with Gasteiger partial charge in [0.25, 0.3) is 0 Å². The van der Waals surface area contributed by atoms with Crippen LogP contribution in [0, 0.1) is 5.92 Å². The molecule has 0 aromatic rings. The number of hydrogen-bond donors (Lipinski definition) is 3. The van der Waals surface area contributed by atoms with Gasteiger partial charge in [-0.3, -0.25) is 4.79 Å². The average Bonchev–Trinajstić information content (AvgIpc) is 1.96. The Kier molecular flexibility index (Phi) is 4.68. The lowest BCUT2D eigenvalue weighted by Gasteiger charge is -2.34. The van der Waals surface area contributed by atoms with E-state index in [0.717, 1.165) is 0 Å². The van der Waals surface area contributed by atoms with Crippen molar-refractivity contribution in [2.24, 2.45) is 5.92 Å². The number of hydrogen-bond acceptors (Lipinski definition) is 4. The summed E-state index contributed by atoms with van der Waals surface area (Å²) in [7, 11) is 0. The van der Waals surface area contributed by atoms with Crippen molar-refractivity contribution in [3.63, 3.8) is 0 Å². The first-order chi connectivity index (χ1) is 7.36. The van der Waals surface area contributed by atoms with E-state index in [2.05, 4.69) is 0 Å². The number of carboxylic acids is 2. The quantitative estimate of drug-likeness (QED) is 0.662. The topological polar surface area (TPSA) is 104 Å². The normalized spacial score (nSPS) is 16.4. The highest BCUT2D eigenvalue weighted by atomic mass is 16.5. The molecule has 0 heterocycles. The van der Waals surface area contributed by atoms with Crippen LogP contribution in [0.5, 0.6) is 0 Å². The van der Waals surface area contributed by atoms with Crippen LogP contribution < -0.4 is 0 Å². The molecule has 100 valence electrons. The van der Waals surface area contributed by atoms with E-state index in [1.165, 1.54) is 13.8 Å². The molecule has 0 aromatic carbocycles. The summed E-state index contributed by atoms with van der Waals surface area (Å²) < 4.78 is 5.21. The molecule has 0 amide bonds. The summed E-state index contributed by atoms with van der Waals surface area (Å²) in [5.74, 6) is -4.36. The Morgan fingerprint density at radius 2 is 1.41 bits per heavy atom. The molecular formula is C11H20O6. The zero-order valence-corrected chi connectivity index (χ0v) is 10.7. The Morgan fingerprint density at radius 3 is 1.59 bits per heavy atom. The predicted molar refractivity (Wildman–Crippen MR) is 59.7 cm³/mol. The van der Waals surface area contributed by atoms with Gasteiger partial charge in [-0.05, 0) is 34.6 Å². The lowest BCUT2D eigenvalue weighted by molar-refractivity contribution is -0.188. The summed E-state index contributed by atoms with van der Waals surface area (Å²) in [6, 6.07) is 0. The number of carboxylic acid groups (broad SMARTS) is 2. The van der Waals surface area contributed by atoms with Gasteiger partial charge in [0.05, 0.1) is 11.2 Å². The van der Waals surface area contributed by atoms with Crippen LogP contribution in [0.25, 0.3) is 0 Å². The molecule has 0 bridgehead atoms. The van der Waals surface area contributed by atoms with Crippen molar-refractivity contribution in [1.29, 1.82) is 0 Å². The zero-order valence-electron chi connectivity index (χ0n) is 10.7. The molecule has 6 nitrogen and oxygen atoms in total. The Morgan fingerprint density at radius 1 is 1.00 bits per heavy atom. The number of carbonyl (C=O) groups is 2. The van der Waals surface area contributed by atoms with E-state index in [0.29, 0.717) is 0 Å². The van der Waals surface area contributed by atoms with Crippen molar-refractivity contribution in [3.8, 4) is 0 Å². The van der Waals surface area contributed by atoms with E-state index in [9.17, 15) is 14.7 Å². The second kappa shape index (κ2) is 5.01. The first kappa shape index (κ1) is 15.9. The van der Waals surface area contributed by atoms with E-state index >= 15 is 0 Å². The first-order valence-corrected chi connectivity index (χ1v) is 5.22. The number of rotatable bonds is 5. The van der Waals surface area contributed by atoms with Crippen molar-refractivity contribution in [3.05, 3.63) is 0 Å². The molecule has 0 aromatic heterocycles. The maximum atomic E-state index is 11.1. The highest BCUT2D eigenvalue weighted by Gasteiger charge is 2.46. The van der Waals surface area contributed by atoms with Crippen molar-refractivity contribution >= 4 is 11.9 Å². The molecular weight excluding hydrogens is 228 g/mol. The van der Waals surface area contributed by atoms with Gasteiger partial charge in [0.1, 0.15) is 5.92 Å². The third-order valence-electron chi connectivity index (χ3n) is 2.05. The molecule has 2 atom stereocenters. The van der Waals surface area contributed by atoms with Crippen LogP contribution in [0.15, 0.2) is 0 Å². The summed E-state index contributed by atoms with van der Waals surface area (Å²) in [5, 5.41) is 27.8. The molecule has 3 N–H and O–H groups in total. The van der Waals surface area contributed by atoms with Crippen LogP contribution >= 0.6 is 0 Å². The van der Waals surface area contributed by atoms with E-state index in [1.54, 1.807) is 20.8 Å². The molecule has 0 aliphatic heterocycles. The number of ether oxygens (including phenoxy) is 1. The van der Waals surface area contributed by atoms with Gasteiger partial charge in [-0.25, -0.2) is 4.79 Å². The van der Waals surface area contributed by atoms with Gasteiger partial charge in [-0.15, -0.1) is 0 Å². The fraction of sp³-hybridized carbons (Fsp3) is 0.818. The maximum Gasteiger partial charge on any atom is 0.333 e.